The fourth-order valence-electron chi connectivity index (χ4n) is 3.14. The molecule has 0 rings (SSSR count). The van der Waals surface area contributed by atoms with E-state index in [4.69, 9.17) is 5.11 Å². The Balaban J connectivity index is 5.59. The number of unbranched alkanes of at least 4 members (excludes halogenated alkanes) is 1. The van der Waals surface area contributed by atoms with E-state index >= 15 is 0 Å². The first-order valence-electron chi connectivity index (χ1n) is 7.40. The molecule has 0 aromatic heterocycles. The summed E-state index contributed by atoms with van der Waals surface area (Å²) in [5.41, 5.74) is 0.940. The zero-order chi connectivity index (χ0) is 15.9. The van der Waals surface area contributed by atoms with Crippen molar-refractivity contribution < 1.29 is 19.8 Å². The molecule has 0 aromatic rings. The topological polar surface area (TPSA) is 74.6 Å². The average molecular weight is 300 g/mol. The lowest BCUT2D eigenvalue weighted by Gasteiger charge is -2.32. The predicted octanol–water partition coefficient (Wildman–Crippen LogP) is 3.69. The van der Waals surface area contributed by atoms with Gasteiger partial charge in [-0.25, -0.2) is 9.59 Å². The smallest absolute Gasteiger partial charge is 0.331 e. The molecule has 0 spiro atoms. The van der Waals surface area contributed by atoms with Crippen LogP contribution in [-0.4, -0.2) is 30.9 Å². The van der Waals surface area contributed by atoms with E-state index in [2.05, 4.69) is 34.6 Å². The molecule has 0 fully saturated rings. The highest BCUT2D eigenvalue weighted by Crippen LogP contribution is 2.38. The molecule has 0 heterocycles. The lowest BCUT2D eigenvalue weighted by atomic mass is 10.1. The highest BCUT2D eigenvalue weighted by molar-refractivity contribution is 6.64. The van der Waals surface area contributed by atoms with E-state index in [0.717, 1.165) is 25.3 Å². The van der Waals surface area contributed by atoms with Gasteiger partial charge < -0.3 is 10.2 Å². The first-order valence-corrected chi connectivity index (χ1v) is 9.40. The molecule has 0 saturated heterocycles. The third-order valence-corrected chi connectivity index (χ3v) is 8.50. The van der Waals surface area contributed by atoms with Crippen molar-refractivity contribution in [1.82, 2.24) is 0 Å². The molecule has 0 aromatic carbocycles. The summed E-state index contributed by atoms with van der Waals surface area (Å²) in [5, 5.41) is 18.3. The van der Waals surface area contributed by atoms with Crippen molar-refractivity contribution in [1.29, 1.82) is 0 Å². The Bertz CT molecular complexity index is 353. The summed E-state index contributed by atoms with van der Waals surface area (Å²) >= 11 is 0. The number of rotatable bonds is 9. The lowest BCUT2D eigenvalue weighted by molar-refractivity contribution is -0.135. The molecule has 0 bridgehead atoms. The highest BCUT2D eigenvalue weighted by Gasteiger charge is 2.34. The van der Waals surface area contributed by atoms with Gasteiger partial charge >= 0.3 is 11.9 Å². The van der Waals surface area contributed by atoms with Gasteiger partial charge in [0.2, 0.25) is 0 Å². The maximum absolute atomic E-state index is 11.5. The first kappa shape index (κ1) is 18.9. The fraction of sp³-hybridized carbons (Fsp3) is 0.733. The molecule has 0 amide bonds. The molecule has 0 aliphatic rings. The van der Waals surface area contributed by atoms with Crippen LogP contribution < -0.4 is 0 Å². The quantitative estimate of drug-likeness (QED) is 0.503. The normalized spacial score (nSPS) is 14.1. The van der Waals surface area contributed by atoms with Crippen LogP contribution >= 0.6 is 0 Å². The Hall–Kier alpha value is -1.10. The molecule has 2 N–H and O–H groups in total. The van der Waals surface area contributed by atoms with E-state index in [9.17, 15) is 14.7 Å². The van der Waals surface area contributed by atoms with Gasteiger partial charge in [0.15, 0.2) is 0 Å². The van der Waals surface area contributed by atoms with Crippen LogP contribution in [0.2, 0.25) is 16.6 Å². The van der Waals surface area contributed by atoms with Crippen molar-refractivity contribution in [3.8, 4) is 0 Å². The molecule has 20 heavy (non-hydrogen) atoms. The zero-order valence-corrected chi connectivity index (χ0v) is 14.4. The van der Waals surface area contributed by atoms with E-state index in [-0.39, 0.29) is 11.1 Å². The van der Waals surface area contributed by atoms with E-state index < -0.39 is 20.7 Å². The van der Waals surface area contributed by atoms with Crippen molar-refractivity contribution in [2.24, 2.45) is 0 Å². The van der Waals surface area contributed by atoms with Crippen LogP contribution in [0.1, 0.15) is 53.9 Å². The molecule has 5 heteroatoms. The van der Waals surface area contributed by atoms with Gasteiger partial charge in [-0.05, 0) is 12.0 Å². The summed E-state index contributed by atoms with van der Waals surface area (Å²) in [7, 11) is -1.41. The third-order valence-electron chi connectivity index (χ3n) is 3.80. The third kappa shape index (κ3) is 5.90. The van der Waals surface area contributed by atoms with Crippen LogP contribution in [0, 0.1) is 0 Å². The molecule has 1 unspecified atom stereocenters. The molecule has 0 radical (unpaired) electrons. The molecule has 4 nitrogen and oxygen atoms in total. The summed E-state index contributed by atoms with van der Waals surface area (Å²) in [6, 6.07) is 0. The second-order valence-electron chi connectivity index (χ2n) is 6.06. The lowest BCUT2D eigenvalue weighted by Crippen LogP contribution is -2.31. The number of hydrogen-bond acceptors (Lipinski definition) is 2. The van der Waals surface area contributed by atoms with Gasteiger partial charge in [0.25, 0.3) is 0 Å². The van der Waals surface area contributed by atoms with Crippen LogP contribution in [0.15, 0.2) is 11.6 Å². The molecule has 0 aliphatic carbocycles. The summed E-state index contributed by atoms with van der Waals surface area (Å²) in [6.45, 7) is 10.6. The maximum atomic E-state index is 11.5. The van der Waals surface area contributed by atoms with E-state index in [0.29, 0.717) is 11.1 Å². The Morgan fingerprint density at radius 2 is 1.60 bits per heavy atom. The highest BCUT2D eigenvalue weighted by atomic mass is 28.3. The van der Waals surface area contributed by atoms with Crippen LogP contribution in [0.3, 0.4) is 0 Å². The Morgan fingerprint density at radius 1 is 1.10 bits per heavy atom. The van der Waals surface area contributed by atoms with Crippen molar-refractivity contribution in [2.75, 3.05) is 0 Å². The van der Waals surface area contributed by atoms with Gasteiger partial charge in [-0.15, -0.1) is 0 Å². The second kappa shape index (κ2) is 8.95. The van der Waals surface area contributed by atoms with Crippen molar-refractivity contribution in [3.63, 3.8) is 0 Å². The average Bonchev–Trinajstić information content (AvgIpc) is 2.29. The van der Waals surface area contributed by atoms with Crippen molar-refractivity contribution in [3.05, 3.63) is 11.6 Å². The fourth-order valence-corrected chi connectivity index (χ4v) is 7.81. The summed E-state index contributed by atoms with van der Waals surface area (Å²) < 4.78 is 0. The monoisotopic (exact) mass is 300 g/mol. The second-order valence-corrected chi connectivity index (χ2v) is 10.7. The number of aliphatic carboxylic acids is 2. The van der Waals surface area contributed by atoms with Gasteiger partial charge in [0.05, 0.1) is 8.80 Å². The van der Waals surface area contributed by atoms with Crippen molar-refractivity contribution in [2.45, 2.75) is 70.5 Å². The Labute approximate surface area is 123 Å². The largest absolute Gasteiger partial charge is 0.478 e. The number of carboxylic acids is 2. The Kier molecular flexibility index (Phi) is 8.45. The summed E-state index contributed by atoms with van der Waals surface area (Å²) in [5.74, 6) is -2.24. The minimum Gasteiger partial charge on any atom is -0.478 e. The van der Waals surface area contributed by atoms with E-state index in [1.54, 1.807) is 0 Å². The number of carbonyl (C=O) groups is 2. The minimum absolute atomic E-state index is 0.0662. The van der Waals surface area contributed by atoms with Crippen LogP contribution in [0.5, 0.6) is 0 Å². The molecule has 0 aliphatic heterocycles. The summed E-state index contributed by atoms with van der Waals surface area (Å²) in [6.07, 6.45) is 3.63. The minimum atomic E-state index is -1.41. The zero-order valence-electron chi connectivity index (χ0n) is 13.2. The van der Waals surface area contributed by atoms with Gasteiger partial charge in [-0.1, -0.05) is 58.5 Å². The predicted molar refractivity (Wildman–Crippen MR) is 84.0 cm³/mol. The number of hydrogen-bond donors (Lipinski definition) is 2. The van der Waals surface area contributed by atoms with Crippen molar-refractivity contribution >= 4 is 20.7 Å². The molecule has 1 atom stereocenters. The SMILES string of the molecule is CCCCC(/C(=C\C(=O)O)C(=O)O)[SiH](C(C)C)C(C)C. The molecular formula is C15H28O4Si. The van der Waals surface area contributed by atoms with Gasteiger partial charge in [-0.2, -0.15) is 0 Å². The van der Waals surface area contributed by atoms with Gasteiger partial charge in [-0.3, -0.25) is 0 Å². The number of carboxylic acid groups (broad SMARTS) is 2. The van der Waals surface area contributed by atoms with Crippen LogP contribution in [-0.2, 0) is 9.59 Å². The summed E-state index contributed by atoms with van der Waals surface area (Å²) in [4.78, 5) is 22.4. The maximum Gasteiger partial charge on any atom is 0.331 e. The van der Waals surface area contributed by atoms with Crippen LogP contribution in [0.25, 0.3) is 0 Å². The molecular weight excluding hydrogens is 272 g/mol. The van der Waals surface area contributed by atoms with Crippen LogP contribution in [0.4, 0.5) is 0 Å². The van der Waals surface area contributed by atoms with Gasteiger partial charge in [0, 0.05) is 11.6 Å². The standard InChI is InChI=1S/C15H28O4Si/c1-6-7-8-13(20(10(2)3)11(4)5)12(15(18)19)9-14(16)17/h9-11,13,20H,6-8H2,1-5H3,(H,16,17)(H,18,19)/b12-9+. The molecule has 0 saturated carbocycles. The molecule has 116 valence electrons. The van der Waals surface area contributed by atoms with E-state index in [1.807, 2.05) is 0 Å². The van der Waals surface area contributed by atoms with Gasteiger partial charge in [0.1, 0.15) is 0 Å². The Morgan fingerprint density at radius 3 is 1.90 bits per heavy atom. The first-order chi connectivity index (χ1) is 9.22. The van der Waals surface area contributed by atoms with E-state index in [1.165, 1.54) is 0 Å².